The number of benzene rings is 1. The predicted molar refractivity (Wildman–Crippen MR) is 75.7 cm³/mol. The van der Waals surface area contributed by atoms with Crippen LogP contribution in [-0.2, 0) is 6.54 Å². The van der Waals surface area contributed by atoms with Gasteiger partial charge in [0.1, 0.15) is 0 Å². The molecule has 0 aliphatic carbocycles. The first kappa shape index (κ1) is 13.1. The van der Waals surface area contributed by atoms with Crippen molar-refractivity contribution in [2.45, 2.75) is 26.4 Å². The average molecular weight is 261 g/mol. The molecule has 0 spiro atoms. The van der Waals surface area contributed by atoms with Gasteiger partial charge in [0.05, 0.1) is 0 Å². The molecule has 0 unspecified atom stereocenters. The lowest BCUT2D eigenvalue weighted by molar-refractivity contribution is 0.574. The smallest absolute Gasteiger partial charge is 0.0453 e. The van der Waals surface area contributed by atoms with Gasteiger partial charge in [-0.3, -0.25) is 4.98 Å². The van der Waals surface area contributed by atoms with E-state index < -0.39 is 0 Å². The minimum absolute atomic E-state index is 0.283. The maximum absolute atomic E-state index is 6.21. The summed E-state index contributed by atoms with van der Waals surface area (Å²) in [5.41, 5.74) is 3.54. The van der Waals surface area contributed by atoms with Crippen molar-refractivity contribution < 1.29 is 0 Å². The Morgan fingerprint density at radius 2 is 1.94 bits per heavy atom. The van der Waals surface area contributed by atoms with E-state index in [9.17, 15) is 0 Å². The normalized spacial score (nSPS) is 12.4. The van der Waals surface area contributed by atoms with Crippen LogP contribution in [0.4, 0.5) is 0 Å². The summed E-state index contributed by atoms with van der Waals surface area (Å²) in [7, 11) is 0. The highest BCUT2D eigenvalue weighted by molar-refractivity contribution is 6.31. The largest absolute Gasteiger partial charge is 0.306 e. The van der Waals surface area contributed by atoms with Crippen molar-refractivity contribution in [2.75, 3.05) is 0 Å². The van der Waals surface area contributed by atoms with E-state index in [1.807, 2.05) is 37.5 Å². The maximum atomic E-state index is 6.21. The van der Waals surface area contributed by atoms with Crippen LogP contribution in [0.15, 0.2) is 42.7 Å². The summed E-state index contributed by atoms with van der Waals surface area (Å²) < 4.78 is 0. The van der Waals surface area contributed by atoms with Gasteiger partial charge in [0.15, 0.2) is 0 Å². The highest BCUT2D eigenvalue weighted by atomic mass is 35.5. The van der Waals surface area contributed by atoms with E-state index in [1.54, 1.807) is 0 Å². The second kappa shape index (κ2) is 5.98. The summed E-state index contributed by atoms with van der Waals surface area (Å²) in [6.07, 6.45) is 3.62. The first-order valence-electron chi connectivity index (χ1n) is 6.05. The number of nitrogens with zero attached hydrogens (tertiary/aromatic N) is 1. The van der Waals surface area contributed by atoms with E-state index in [0.29, 0.717) is 0 Å². The molecule has 1 atom stereocenters. The van der Waals surface area contributed by atoms with Crippen molar-refractivity contribution in [3.8, 4) is 0 Å². The fourth-order valence-electron chi connectivity index (χ4n) is 1.83. The van der Waals surface area contributed by atoms with Gasteiger partial charge in [-0.25, -0.2) is 0 Å². The second-order valence-corrected chi connectivity index (χ2v) is 4.89. The molecule has 0 radical (unpaired) electrons. The molecule has 1 heterocycles. The molecule has 18 heavy (non-hydrogen) atoms. The lowest BCUT2D eigenvalue weighted by atomic mass is 10.1. The number of nitrogens with one attached hydrogen (secondary N) is 1. The van der Waals surface area contributed by atoms with Crippen LogP contribution in [0.3, 0.4) is 0 Å². The topological polar surface area (TPSA) is 24.9 Å². The van der Waals surface area contributed by atoms with Crippen molar-refractivity contribution >= 4 is 11.6 Å². The minimum atomic E-state index is 0.283. The van der Waals surface area contributed by atoms with E-state index in [-0.39, 0.29) is 6.04 Å². The van der Waals surface area contributed by atoms with Crippen molar-refractivity contribution in [3.63, 3.8) is 0 Å². The molecular formula is C15H17ClN2. The SMILES string of the molecule is Cc1ccc(CN[C@H](C)c2ccncc2)c(Cl)c1. The molecule has 0 aliphatic heterocycles. The Balaban J connectivity index is 1.99. The molecule has 1 aromatic heterocycles. The second-order valence-electron chi connectivity index (χ2n) is 4.48. The van der Waals surface area contributed by atoms with Gasteiger partial charge >= 0.3 is 0 Å². The van der Waals surface area contributed by atoms with Crippen molar-refractivity contribution in [1.29, 1.82) is 0 Å². The first-order valence-corrected chi connectivity index (χ1v) is 6.43. The fourth-order valence-corrected chi connectivity index (χ4v) is 2.13. The highest BCUT2D eigenvalue weighted by Crippen LogP contribution is 2.19. The molecule has 2 nitrogen and oxygen atoms in total. The third-order valence-corrected chi connectivity index (χ3v) is 3.37. The van der Waals surface area contributed by atoms with E-state index >= 15 is 0 Å². The molecule has 0 saturated carbocycles. The number of aromatic nitrogens is 1. The number of halogens is 1. The van der Waals surface area contributed by atoms with Gasteiger partial charge in [-0.1, -0.05) is 23.7 Å². The van der Waals surface area contributed by atoms with Gasteiger partial charge in [-0.05, 0) is 48.7 Å². The molecule has 3 heteroatoms. The van der Waals surface area contributed by atoms with Crippen LogP contribution in [-0.4, -0.2) is 4.98 Å². The van der Waals surface area contributed by atoms with Crippen LogP contribution in [0.1, 0.15) is 29.7 Å². The first-order chi connectivity index (χ1) is 8.66. The number of hydrogen-bond donors (Lipinski definition) is 1. The summed E-state index contributed by atoms with van der Waals surface area (Å²) in [5, 5.41) is 4.29. The Kier molecular flexibility index (Phi) is 4.34. The van der Waals surface area contributed by atoms with Crippen LogP contribution >= 0.6 is 11.6 Å². The molecular weight excluding hydrogens is 244 g/mol. The Hall–Kier alpha value is -1.38. The number of aryl methyl sites for hydroxylation is 1. The number of hydrogen-bond acceptors (Lipinski definition) is 2. The summed E-state index contributed by atoms with van der Waals surface area (Å²) >= 11 is 6.21. The quantitative estimate of drug-likeness (QED) is 0.902. The molecule has 2 rings (SSSR count). The Bertz CT molecular complexity index is 511. The molecule has 1 N–H and O–H groups in total. The highest BCUT2D eigenvalue weighted by Gasteiger charge is 2.06. The maximum Gasteiger partial charge on any atom is 0.0453 e. The Morgan fingerprint density at radius 1 is 1.22 bits per heavy atom. The molecule has 1 aromatic carbocycles. The summed E-state index contributed by atoms with van der Waals surface area (Å²) in [6, 6.07) is 10.5. The Morgan fingerprint density at radius 3 is 2.61 bits per heavy atom. The monoisotopic (exact) mass is 260 g/mol. The van der Waals surface area contributed by atoms with Crippen molar-refractivity contribution in [2.24, 2.45) is 0 Å². The molecule has 94 valence electrons. The van der Waals surface area contributed by atoms with E-state index in [4.69, 9.17) is 11.6 Å². The standard InChI is InChI=1S/C15H17ClN2/c1-11-3-4-14(15(16)9-11)10-18-12(2)13-5-7-17-8-6-13/h3-9,12,18H,10H2,1-2H3/t12-/m1/s1. The minimum Gasteiger partial charge on any atom is -0.306 e. The third kappa shape index (κ3) is 3.31. The van der Waals surface area contributed by atoms with Gasteiger partial charge < -0.3 is 5.32 Å². The van der Waals surface area contributed by atoms with Crippen molar-refractivity contribution in [1.82, 2.24) is 10.3 Å². The number of pyridine rings is 1. The van der Waals surface area contributed by atoms with E-state index in [2.05, 4.69) is 29.4 Å². The van der Waals surface area contributed by atoms with E-state index in [1.165, 1.54) is 11.1 Å². The lowest BCUT2D eigenvalue weighted by Gasteiger charge is -2.14. The average Bonchev–Trinajstić information content (AvgIpc) is 2.38. The zero-order valence-corrected chi connectivity index (χ0v) is 11.4. The third-order valence-electron chi connectivity index (χ3n) is 3.01. The van der Waals surface area contributed by atoms with Crippen LogP contribution in [0.25, 0.3) is 0 Å². The molecule has 0 fully saturated rings. The zero-order valence-electron chi connectivity index (χ0n) is 10.7. The van der Waals surface area contributed by atoms with Crippen LogP contribution in [0.2, 0.25) is 5.02 Å². The van der Waals surface area contributed by atoms with Crippen molar-refractivity contribution in [3.05, 3.63) is 64.4 Å². The van der Waals surface area contributed by atoms with Gasteiger partial charge in [0.25, 0.3) is 0 Å². The predicted octanol–water partition coefficient (Wildman–Crippen LogP) is 3.89. The summed E-state index contributed by atoms with van der Waals surface area (Å²) in [6.45, 7) is 4.95. The van der Waals surface area contributed by atoms with Gasteiger partial charge in [0, 0.05) is 30.0 Å². The molecule has 0 aliphatic rings. The number of rotatable bonds is 4. The summed E-state index contributed by atoms with van der Waals surface area (Å²) in [4.78, 5) is 4.02. The van der Waals surface area contributed by atoms with Gasteiger partial charge in [-0.2, -0.15) is 0 Å². The summed E-state index contributed by atoms with van der Waals surface area (Å²) in [5.74, 6) is 0. The van der Waals surface area contributed by atoms with Crippen LogP contribution < -0.4 is 5.32 Å². The molecule has 2 aromatic rings. The lowest BCUT2D eigenvalue weighted by Crippen LogP contribution is -2.18. The van der Waals surface area contributed by atoms with Crippen LogP contribution in [0.5, 0.6) is 0 Å². The van der Waals surface area contributed by atoms with Gasteiger partial charge in [0.2, 0.25) is 0 Å². The Labute approximate surface area is 113 Å². The van der Waals surface area contributed by atoms with Gasteiger partial charge in [-0.15, -0.1) is 0 Å². The van der Waals surface area contributed by atoms with Crippen LogP contribution in [0, 0.1) is 6.92 Å². The molecule has 0 saturated heterocycles. The fraction of sp³-hybridized carbons (Fsp3) is 0.267. The molecule has 0 bridgehead atoms. The molecule has 0 amide bonds. The zero-order chi connectivity index (χ0) is 13.0. The van der Waals surface area contributed by atoms with E-state index in [0.717, 1.165) is 17.1 Å².